The van der Waals surface area contributed by atoms with Gasteiger partial charge in [-0.2, -0.15) is 11.3 Å². The summed E-state index contributed by atoms with van der Waals surface area (Å²) in [5, 5.41) is 7.68. The van der Waals surface area contributed by atoms with Gasteiger partial charge in [-0.25, -0.2) is 9.37 Å². The Hall–Kier alpha value is -3.48. The average molecular weight is 543 g/mol. The van der Waals surface area contributed by atoms with E-state index in [0.29, 0.717) is 29.2 Å². The van der Waals surface area contributed by atoms with E-state index in [0.717, 1.165) is 46.1 Å². The first-order valence-electron chi connectivity index (χ1n) is 13.6. The molecule has 4 nitrogen and oxygen atoms in total. The van der Waals surface area contributed by atoms with Crippen molar-refractivity contribution in [1.82, 2.24) is 15.3 Å². The van der Waals surface area contributed by atoms with Crippen molar-refractivity contribution >= 4 is 28.2 Å². The van der Waals surface area contributed by atoms with Gasteiger partial charge in [0.25, 0.3) is 0 Å². The van der Waals surface area contributed by atoms with Crippen LogP contribution in [-0.4, -0.2) is 23.1 Å². The zero-order chi connectivity index (χ0) is 27.8. The molecule has 1 aliphatic rings. The Morgan fingerprint density at radius 3 is 2.72 bits per heavy atom. The standard InChI is InChI=1S/C33H39FN4S/c1-5-10-28(26-15-16-39-21-26)33-22(4)37-31(38-33)18-29-30(35)14-13-27(32(29)34)25(7-3)17-23(6-2)19-36-20-24-11-8-9-12-24/h5-7,10,13-17,21,24,36H,1-2,8-9,11-12,18-20,35H2,3-4H3,(H,37,38)/b23-17+,25-7+,28-10-. The molecular weight excluding hydrogens is 503 g/mol. The van der Waals surface area contributed by atoms with Gasteiger partial charge in [0.05, 0.1) is 5.69 Å². The molecule has 2 aromatic heterocycles. The molecule has 0 atom stereocenters. The fourth-order valence-electron chi connectivity index (χ4n) is 5.26. The highest BCUT2D eigenvalue weighted by atomic mass is 32.1. The lowest BCUT2D eigenvalue weighted by Gasteiger charge is -2.14. The number of halogens is 1. The number of nitrogens with two attached hydrogens (primary N) is 1. The number of nitrogen functional groups attached to an aromatic ring is 1. The first-order chi connectivity index (χ1) is 18.9. The molecule has 1 saturated carbocycles. The van der Waals surface area contributed by atoms with Crippen LogP contribution in [0.5, 0.6) is 0 Å². The molecule has 1 aliphatic carbocycles. The van der Waals surface area contributed by atoms with E-state index in [1.807, 2.05) is 43.5 Å². The summed E-state index contributed by atoms with van der Waals surface area (Å²) in [6, 6.07) is 5.60. The van der Waals surface area contributed by atoms with Crippen molar-refractivity contribution < 1.29 is 4.39 Å². The Balaban J connectivity index is 1.57. The Kier molecular flexibility index (Phi) is 9.90. The van der Waals surface area contributed by atoms with Crippen LogP contribution < -0.4 is 11.1 Å². The van der Waals surface area contributed by atoms with Gasteiger partial charge < -0.3 is 16.0 Å². The molecule has 0 bridgehead atoms. The molecule has 0 spiro atoms. The van der Waals surface area contributed by atoms with Gasteiger partial charge in [0.15, 0.2) is 0 Å². The van der Waals surface area contributed by atoms with Crippen molar-refractivity contribution in [2.45, 2.75) is 46.0 Å². The van der Waals surface area contributed by atoms with E-state index >= 15 is 4.39 Å². The summed E-state index contributed by atoms with van der Waals surface area (Å²) in [5.41, 5.74) is 13.3. The lowest BCUT2D eigenvalue weighted by atomic mass is 9.97. The van der Waals surface area contributed by atoms with Crippen molar-refractivity contribution in [3.05, 3.63) is 118 Å². The summed E-state index contributed by atoms with van der Waals surface area (Å²) in [7, 11) is 0. The van der Waals surface area contributed by atoms with Crippen molar-refractivity contribution in [1.29, 1.82) is 0 Å². The number of rotatable bonds is 12. The van der Waals surface area contributed by atoms with Gasteiger partial charge in [-0.3, -0.25) is 0 Å². The number of allylic oxidation sites excluding steroid dienone is 5. The molecule has 1 aromatic carbocycles. The third kappa shape index (κ3) is 6.94. The normalized spacial score (nSPS) is 15.2. The molecule has 3 aromatic rings. The first kappa shape index (κ1) is 28.5. The van der Waals surface area contributed by atoms with Crippen LogP contribution in [0.25, 0.3) is 11.1 Å². The SMILES string of the molecule is C=C/C=C(/c1ccsc1)c1nc(Cc2c(N)ccc(C(/C=C(\C=C)CNCC3CCCC3)=C/C)c2F)[nH]c1C. The van der Waals surface area contributed by atoms with Crippen LogP contribution in [0.4, 0.5) is 10.1 Å². The predicted octanol–water partition coefficient (Wildman–Crippen LogP) is 8.00. The van der Waals surface area contributed by atoms with E-state index in [9.17, 15) is 0 Å². The number of imidazole rings is 1. The molecule has 4 N–H and O–H groups in total. The molecule has 6 heteroatoms. The number of thiophene rings is 1. The topological polar surface area (TPSA) is 66.7 Å². The Morgan fingerprint density at radius 2 is 2.05 bits per heavy atom. The second-order valence-electron chi connectivity index (χ2n) is 10.1. The molecule has 0 aliphatic heterocycles. The lowest BCUT2D eigenvalue weighted by molar-refractivity contribution is 0.503. The van der Waals surface area contributed by atoms with Gasteiger partial charge in [0, 0.05) is 41.0 Å². The molecular formula is C33H39FN4S. The summed E-state index contributed by atoms with van der Waals surface area (Å²) in [5.74, 6) is 1.10. The summed E-state index contributed by atoms with van der Waals surface area (Å²) in [6.07, 6.45) is 15.0. The minimum absolute atomic E-state index is 0.259. The number of hydrogen-bond acceptors (Lipinski definition) is 4. The van der Waals surface area contributed by atoms with Crippen molar-refractivity contribution in [2.24, 2.45) is 5.92 Å². The zero-order valence-corrected chi connectivity index (χ0v) is 23.8. The van der Waals surface area contributed by atoms with Gasteiger partial charge in [0.1, 0.15) is 11.6 Å². The third-order valence-corrected chi connectivity index (χ3v) is 8.07. The van der Waals surface area contributed by atoms with Crippen LogP contribution in [0, 0.1) is 18.7 Å². The van der Waals surface area contributed by atoms with Gasteiger partial charge in [-0.15, -0.1) is 0 Å². The van der Waals surface area contributed by atoms with Crippen molar-refractivity contribution in [2.75, 3.05) is 18.8 Å². The quantitative estimate of drug-likeness (QED) is 0.160. The van der Waals surface area contributed by atoms with Crippen LogP contribution in [-0.2, 0) is 6.42 Å². The number of anilines is 1. The van der Waals surface area contributed by atoms with Gasteiger partial charge >= 0.3 is 0 Å². The number of aryl methyl sites for hydroxylation is 1. The van der Waals surface area contributed by atoms with E-state index in [1.165, 1.54) is 25.7 Å². The molecule has 0 radical (unpaired) electrons. The molecule has 39 heavy (non-hydrogen) atoms. The van der Waals surface area contributed by atoms with E-state index in [4.69, 9.17) is 10.7 Å². The minimum atomic E-state index is -0.322. The summed E-state index contributed by atoms with van der Waals surface area (Å²) in [6.45, 7) is 13.5. The number of benzene rings is 1. The van der Waals surface area contributed by atoms with Crippen LogP contribution in [0.2, 0.25) is 0 Å². The number of aromatic nitrogens is 2. The third-order valence-electron chi connectivity index (χ3n) is 7.39. The highest BCUT2D eigenvalue weighted by Crippen LogP contribution is 2.31. The average Bonchev–Trinajstić information content (AvgIpc) is 3.71. The second kappa shape index (κ2) is 13.5. The zero-order valence-electron chi connectivity index (χ0n) is 23.0. The van der Waals surface area contributed by atoms with E-state index < -0.39 is 0 Å². The van der Waals surface area contributed by atoms with Crippen LogP contribution in [0.15, 0.2) is 78.1 Å². The van der Waals surface area contributed by atoms with Crippen LogP contribution in [0.1, 0.15) is 66.5 Å². The smallest absolute Gasteiger partial charge is 0.136 e. The summed E-state index contributed by atoms with van der Waals surface area (Å²) in [4.78, 5) is 8.19. The highest BCUT2D eigenvalue weighted by molar-refractivity contribution is 7.08. The Bertz CT molecular complexity index is 1390. The van der Waals surface area contributed by atoms with E-state index in [1.54, 1.807) is 29.5 Å². The van der Waals surface area contributed by atoms with E-state index in [2.05, 4.69) is 34.9 Å². The summed E-state index contributed by atoms with van der Waals surface area (Å²) < 4.78 is 16.0. The van der Waals surface area contributed by atoms with Crippen molar-refractivity contribution in [3.63, 3.8) is 0 Å². The molecule has 204 valence electrons. The number of nitrogens with one attached hydrogen (secondary N) is 2. The Morgan fingerprint density at radius 1 is 1.26 bits per heavy atom. The monoisotopic (exact) mass is 542 g/mol. The molecule has 2 heterocycles. The maximum Gasteiger partial charge on any atom is 0.136 e. The molecule has 4 rings (SSSR count). The molecule has 0 saturated heterocycles. The van der Waals surface area contributed by atoms with Gasteiger partial charge in [-0.1, -0.05) is 56.4 Å². The molecule has 0 amide bonds. The number of hydrogen-bond donors (Lipinski definition) is 3. The van der Waals surface area contributed by atoms with Crippen molar-refractivity contribution in [3.8, 4) is 0 Å². The van der Waals surface area contributed by atoms with Gasteiger partial charge in [0.2, 0.25) is 0 Å². The van der Waals surface area contributed by atoms with Crippen LogP contribution >= 0.6 is 11.3 Å². The Labute approximate surface area is 236 Å². The van der Waals surface area contributed by atoms with E-state index in [-0.39, 0.29) is 12.2 Å². The minimum Gasteiger partial charge on any atom is -0.398 e. The van der Waals surface area contributed by atoms with Crippen LogP contribution in [0.3, 0.4) is 0 Å². The highest BCUT2D eigenvalue weighted by Gasteiger charge is 2.19. The number of nitrogens with zero attached hydrogens (tertiary/aromatic N) is 1. The fraction of sp³-hybridized carbons (Fsp3) is 0.303. The molecule has 1 fully saturated rings. The maximum absolute atomic E-state index is 16.0. The predicted molar refractivity (Wildman–Crippen MR) is 165 cm³/mol. The maximum atomic E-state index is 16.0. The lowest BCUT2D eigenvalue weighted by Crippen LogP contribution is -2.23. The molecule has 0 unspecified atom stereocenters. The second-order valence-corrected chi connectivity index (χ2v) is 10.9. The number of aromatic amines is 1. The van der Waals surface area contributed by atoms with Gasteiger partial charge in [-0.05, 0) is 84.8 Å². The number of H-pyrrole nitrogens is 1. The summed E-state index contributed by atoms with van der Waals surface area (Å²) >= 11 is 1.63. The fourth-order valence-corrected chi connectivity index (χ4v) is 5.91. The first-order valence-corrected chi connectivity index (χ1v) is 14.6. The largest absolute Gasteiger partial charge is 0.398 e.